The predicted molar refractivity (Wildman–Crippen MR) is 102 cm³/mol. The first kappa shape index (κ1) is 18.3. The Morgan fingerprint density at radius 2 is 2.12 bits per heavy atom. The first-order valence-corrected chi connectivity index (χ1v) is 9.40. The number of piperazine rings is 1. The molecule has 6 heteroatoms. The number of carbonyl (C=O) groups is 1. The van der Waals surface area contributed by atoms with Crippen molar-refractivity contribution in [2.75, 3.05) is 19.6 Å². The lowest BCUT2D eigenvalue weighted by Crippen LogP contribution is -2.54. The van der Waals surface area contributed by atoms with E-state index in [1.807, 2.05) is 31.7 Å². The molecule has 0 saturated carbocycles. The lowest BCUT2D eigenvalue weighted by Gasteiger charge is -2.40. The van der Waals surface area contributed by atoms with Crippen molar-refractivity contribution >= 4 is 33.0 Å². The van der Waals surface area contributed by atoms with E-state index < -0.39 is 5.60 Å². The molecular weight excluding hydrogens is 384 g/mol. The highest BCUT2D eigenvalue weighted by Crippen LogP contribution is 2.27. The van der Waals surface area contributed by atoms with Crippen LogP contribution in [0.15, 0.2) is 33.4 Å². The molecule has 0 spiro atoms. The van der Waals surface area contributed by atoms with Crippen molar-refractivity contribution in [3.8, 4) is 0 Å². The van der Waals surface area contributed by atoms with Gasteiger partial charge in [-0.15, -0.1) is 0 Å². The summed E-state index contributed by atoms with van der Waals surface area (Å²) in [6.45, 7) is 11.0. The van der Waals surface area contributed by atoms with Crippen LogP contribution in [0.3, 0.4) is 0 Å². The largest absolute Gasteiger partial charge is 0.463 e. The number of nitrogens with zero attached hydrogens (tertiary/aromatic N) is 2. The molecular formula is C19H25BrN2O3. The van der Waals surface area contributed by atoms with Crippen LogP contribution in [-0.4, -0.2) is 47.2 Å². The molecule has 1 amide bonds. The highest BCUT2D eigenvalue weighted by atomic mass is 79.9. The van der Waals surface area contributed by atoms with Gasteiger partial charge >= 0.3 is 6.09 Å². The third kappa shape index (κ3) is 4.36. The van der Waals surface area contributed by atoms with Gasteiger partial charge in [-0.25, -0.2) is 4.79 Å². The SMILES string of the molecule is C[C@H]1CN(Cc2ccc3occ(Br)c3c2)CCN1C(=O)OC(C)(C)C. The summed E-state index contributed by atoms with van der Waals surface area (Å²) in [6, 6.07) is 6.40. The number of hydrogen-bond acceptors (Lipinski definition) is 4. The standard InChI is InChI=1S/C19H25BrN2O3/c1-13-10-21(7-8-22(13)18(23)25-19(2,3)4)11-14-5-6-17-15(9-14)16(20)12-24-17/h5-6,9,12-13H,7-8,10-11H2,1-4H3/t13-/m0/s1. The zero-order valence-electron chi connectivity index (χ0n) is 15.2. The molecule has 136 valence electrons. The number of hydrogen-bond donors (Lipinski definition) is 0. The van der Waals surface area contributed by atoms with Gasteiger partial charge in [-0.2, -0.15) is 0 Å². The molecule has 1 saturated heterocycles. The number of fused-ring (bicyclic) bond motifs is 1. The quantitative estimate of drug-likeness (QED) is 0.725. The molecule has 1 aliphatic rings. The topological polar surface area (TPSA) is 45.9 Å². The number of rotatable bonds is 2. The van der Waals surface area contributed by atoms with Crippen LogP contribution in [0, 0.1) is 0 Å². The molecule has 0 unspecified atom stereocenters. The van der Waals surface area contributed by atoms with E-state index in [2.05, 4.69) is 39.9 Å². The number of benzene rings is 1. The van der Waals surface area contributed by atoms with Gasteiger partial charge < -0.3 is 14.1 Å². The second kappa shape index (κ2) is 7.00. The van der Waals surface area contributed by atoms with E-state index in [1.54, 1.807) is 6.26 Å². The summed E-state index contributed by atoms with van der Waals surface area (Å²) in [7, 11) is 0. The minimum Gasteiger partial charge on any atom is -0.463 e. The minimum atomic E-state index is -0.457. The van der Waals surface area contributed by atoms with Gasteiger partial charge in [0.15, 0.2) is 0 Å². The zero-order chi connectivity index (χ0) is 18.2. The summed E-state index contributed by atoms with van der Waals surface area (Å²) < 4.78 is 12.0. The number of furan rings is 1. The van der Waals surface area contributed by atoms with Crippen LogP contribution >= 0.6 is 15.9 Å². The Balaban J connectivity index is 1.62. The molecule has 0 aliphatic carbocycles. The van der Waals surface area contributed by atoms with Crippen molar-refractivity contribution in [3.05, 3.63) is 34.5 Å². The van der Waals surface area contributed by atoms with E-state index in [9.17, 15) is 4.79 Å². The maximum Gasteiger partial charge on any atom is 0.410 e. The Bertz CT molecular complexity index is 766. The molecule has 1 aromatic heterocycles. The Kier molecular flexibility index (Phi) is 5.11. The molecule has 1 aromatic carbocycles. The summed E-state index contributed by atoms with van der Waals surface area (Å²) in [5.74, 6) is 0. The van der Waals surface area contributed by atoms with Crippen LogP contribution in [0.25, 0.3) is 11.0 Å². The van der Waals surface area contributed by atoms with E-state index in [-0.39, 0.29) is 12.1 Å². The van der Waals surface area contributed by atoms with Gasteiger partial charge in [-0.05, 0) is 61.3 Å². The van der Waals surface area contributed by atoms with Crippen molar-refractivity contribution < 1.29 is 13.9 Å². The van der Waals surface area contributed by atoms with E-state index in [4.69, 9.17) is 9.15 Å². The molecule has 0 N–H and O–H groups in total. The fraction of sp³-hybridized carbons (Fsp3) is 0.526. The summed E-state index contributed by atoms with van der Waals surface area (Å²) in [5.41, 5.74) is 1.67. The monoisotopic (exact) mass is 408 g/mol. The van der Waals surface area contributed by atoms with Crippen LogP contribution in [0.4, 0.5) is 4.79 Å². The Labute approximate surface area is 157 Å². The van der Waals surface area contributed by atoms with Crippen LogP contribution in [0.5, 0.6) is 0 Å². The Morgan fingerprint density at radius 3 is 2.80 bits per heavy atom. The van der Waals surface area contributed by atoms with Crippen molar-refractivity contribution in [2.45, 2.75) is 45.9 Å². The highest BCUT2D eigenvalue weighted by Gasteiger charge is 2.30. The molecule has 1 aliphatic heterocycles. The van der Waals surface area contributed by atoms with E-state index in [1.165, 1.54) is 5.56 Å². The normalized spacial score (nSPS) is 19.4. The second-order valence-corrected chi connectivity index (χ2v) is 8.53. The smallest absolute Gasteiger partial charge is 0.410 e. The molecule has 0 radical (unpaired) electrons. The Morgan fingerprint density at radius 1 is 1.36 bits per heavy atom. The number of carbonyl (C=O) groups excluding carboxylic acids is 1. The molecule has 25 heavy (non-hydrogen) atoms. The summed E-state index contributed by atoms with van der Waals surface area (Å²) in [5, 5.41) is 1.10. The van der Waals surface area contributed by atoms with Crippen LogP contribution in [0.1, 0.15) is 33.3 Å². The molecule has 3 rings (SSSR count). The average Bonchev–Trinajstić information content (AvgIpc) is 2.87. The van der Waals surface area contributed by atoms with Gasteiger partial charge in [0.1, 0.15) is 17.4 Å². The van der Waals surface area contributed by atoms with Crippen LogP contribution in [-0.2, 0) is 11.3 Å². The number of amides is 1. The van der Waals surface area contributed by atoms with Crippen molar-refractivity contribution in [1.82, 2.24) is 9.80 Å². The summed E-state index contributed by atoms with van der Waals surface area (Å²) >= 11 is 3.52. The fourth-order valence-electron chi connectivity index (χ4n) is 3.17. The molecule has 0 bridgehead atoms. The summed E-state index contributed by atoms with van der Waals surface area (Å²) in [6.07, 6.45) is 1.50. The molecule has 1 atom stereocenters. The third-order valence-corrected chi connectivity index (χ3v) is 4.95. The average molecular weight is 409 g/mol. The summed E-state index contributed by atoms with van der Waals surface area (Å²) in [4.78, 5) is 16.5. The van der Waals surface area contributed by atoms with Gasteiger partial charge in [0.25, 0.3) is 0 Å². The first-order valence-electron chi connectivity index (χ1n) is 8.60. The van der Waals surface area contributed by atoms with Crippen molar-refractivity contribution in [3.63, 3.8) is 0 Å². The van der Waals surface area contributed by atoms with Gasteiger partial charge in [0.05, 0.1) is 4.47 Å². The van der Waals surface area contributed by atoms with E-state index >= 15 is 0 Å². The van der Waals surface area contributed by atoms with Gasteiger partial charge in [-0.3, -0.25) is 4.90 Å². The maximum atomic E-state index is 12.3. The first-order chi connectivity index (χ1) is 11.7. The lowest BCUT2D eigenvalue weighted by molar-refractivity contribution is 0.000566. The highest BCUT2D eigenvalue weighted by molar-refractivity contribution is 9.10. The molecule has 5 nitrogen and oxygen atoms in total. The minimum absolute atomic E-state index is 0.132. The maximum absolute atomic E-state index is 12.3. The van der Waals surface area contributed by atoms with Crippen LogP contribution < -0.4 is 0 Å². The molecule has 2 heterocycles. The second-order valence-electron chi connectivity index (χ2n) is 7.67. The van der Waals surface area contributed by atoms with Crippen LogP contribution in [0.2, 0.25) is 0 Å². The van der Waals surface area contributed by atoms with E-state index in [0.29, 0.717) is 6.54 Å². The Hall–Kier alpha value is -1.53. The number of ether oxygens (including phenoxy) is 1. The van der Waals surface area contributed by atoms with E-state index in [0.717, 1.165) is 35.1 Å². The molecule has 1 fully saturated rings. The van der Waals surface area contributed by atoms with Crippen molar-refractivity contribution in [1.29, 1.82) is 0 Å². The number of halogens is 1. The lowest BCUT2D eigenvalue weighted by atomic mass is 10.1. The predicted octanol–water partition coefficient (Wildman–Crippen LogP) is 4.64. The molecule has 2 aromatic rings. The van der Waals surface area contributed by atoms with Crippen molar-refractivity contribution in [2.24, 2.45) is 0 Å². The van der Waals surface area contributed by atoms with Gasteiger partial charge in [-0.1, -0.05) is 6.07 Å². The third-order valence-electron chi connectivity index (χ3n) is 4.34. The van der Waals surface area contributed by atoms with Gasteiger partial charge in [0.2, 0.25) is 0 Å². The van der Waals surface area contributed by atoms with Gasteiger partial charge in [0, 0.05) is 37.6 Å². The fourth-order valence-corrected chi connectivity index (χ4v) is 3.57. The zero-order valence-corrected chi connectivity index (χ0v) is 16.8.